The predicted octanol–water partition coefficient (Wildman–Crippen LogP) is 1.37. The van der Waals surface area contributed by atoms with E-state index in [1.165, 1.54) is 0 Å². The molecule has 0 aliphatic rings. The Morgan fingerprint density at radius 1 is 1.14 bits per heavy atom. The quantitative estimate of drug-likeness (QED) is 0.475. The van der Waals surface area contributed by atoms with Gasteiger partial charge in [0.25, 0.3) is 0 Å². The van der Waals surface area contributed by atoms with Crippen molar-refractivity contribution < 1.29 is 15.3 Å². The summed E-state index contributed by atoms with van der Waals surface area (Å²) >= 11 is 3.31. The Morgan fingerprint density at radius 3 is 1.71 bits per heavy atom. The number of hydrogen-bond acceptors (Lipinski definition) is 0. The molecule has 1 heteroatoms. The van der Waals surface area contributed by atoms with Gasteiger partial charge in [-0.15, -0.1) is 0 Å². The van der Waals surface area contributed by atoms with Crippen molar-refractivity contribution in [2.75, 3.05) is 0 Å². The molecule has 0 fully saturated rings. The molecular formula is C6H7Co-. The Kier molecular flexibility index (Phi) is 5.50. The maximum Gasteiger partial charge on any atom is -0.172 e. The fraction of sp³-hybridized carbons (Fsp3) is 0. The van der Waals surface area contributed by atoms with E-state index >= 15 is 0 Å². The fourth-order valence-corrected chi connectivity index (χ4v) is 0.321. The summed E-state index contributed by atoms with van der Waals surface area (Å²) in [7, 11) is 0. The van der Waals surface area contributed by atoms with Gasteiger partial charge < -0.3 is 0 Å². The van der Waals surface area contributed by atoms with Crippen molar-refractivity contribution >= 4 is 5.46 Å². The molecule has 1 aromatic rings. The molecule has 1 rings (SSSR count). The zero-order chi connectivity index (χ0) is 5.54. The maximum atomic E-state index is 3.31. The van der Waals surface area contributed by atoms with Gasteiger partial charge in [-0.3, -0.25) is 0 Å². The molecule has 0 heterocycles. The van der Waals surface area contributed by atoms with Gasteiger partial charge in [0.15, 0.2) is 0 Å². The van der Waals surface area contributed by atoms with Gasteiger partial charge >= 0.3 is 20.8 Å². The zero-order valence-corrected chi connectivity index (χ0v) is 4.97. The first-order valence-corrected chi connectivity index (χ1v) is 2.64. The average Bonchev–Trinajstić information content (AvgIpc) is 2.23. The van der Waals surface area contributed by atoms with E-state index in [2.05, 4.69) is 20.8 Å². The van der Waals surface area contributed by atoms with Gasteiger partial charge in [-0.05, 0) is 0 Å². The van der Waals surface area contributed by atoms with Gasteiger partial charge in [0.2, 0.25) is 0 Å². The van der Waals surface area contributed by atoms with E-state index in [1.807, 2.05) is 30.3 Å². The van der Waals surface area contributed by atoms with E-state index in [1.54, 1.807) is 0 Å². The van der Waals surface area contributed by atoms with Gasteiger partial charge in [0.05, 0.1) is 0 Å². The zero-order valence-electron chi connectivity index (χ0n) is 3.93. The Balaban J connectivity index is 0.000000162. The summed E-state index contributed by atoms with van der Waals surface area (Å²) in [6.45, 7) is 0. The molecule has 0 atom stereocenters. The van der Waals surface area contributed by atoms with Crippen LogP contribution in [0.4, 0.5) is 0 Å². The van der Waals surface area contributed by atoms with E-state index in [0.717, 1.165) is 0 Å². The second kappa shape index (κ2) is 5.73. The van der Waals surface area contributed by atoms with Crippen molar-refractivity contribution in [3.05, 3.63) is 30.3 Å². The van der Waals surface area contributed by atoms with Crippen LogP contribution in [0.3, 0.4) is 0 Å². The third kappa shape index (κ3) is 3.56. The van der Waals surface area contributed by atoms with Crippen molar-refractivity contribution in [1.29, 1.82) is 0 Å². The molecule has 0 saturated heterocycles. The molecule has 0 aliphatic heterocycles. The van der Waals surface area contributed by atoms with Crippen LogP contribution < -0.4 is 0 Å². The van der Waals surface area contributed by atoms with Crippen molar-refractivity contribution in [2.45, 2.75) is 0 Å². The number of rotatable bonds is 0. The van der Waals surface area contributed by atoms with E-state index in [9.17, 15) is 0 Å². The van der Waals surface area contributed by atoms with Gasteiger partial charge in [0.1, 0.15) is 0 Å². The minimum absolute atomic E-state index is 2.00. The first-order valence-electron chi connectivity index (χ1n) is 1.90. The molecule has 0 spiro atoms. The molecule has 0 unspecified atom stereocenters. The van der Waals surface area contributed by atoms with E-state index < -0.39 is 0 Å². The van der Waals surface area contributed by atoms with Crippen molar-refractivity contribution in [3.63, 3.8) is 0 Å². The van der Waals surface area contributed by atoms with Crippen LogP contribution in [0.2, 0.25) is 0 Å². The van der Waals surface area contributed by atoms with Gasteiger partial charge in [-0.1, -0.05) is 0 Å². The topological polar surface area (TPSA) is 0 Å². The minimum Gasteiger partial charge on any atom is -0.214 e. The van der Waals surface area contributed by atoms with Crippen LogP contribution in [-0.4, -0.2) is 5.46 Å². The van der Waals surface area contributed by atoms with Gasteiger partial charge in [0, 0.05) is 0 Å². The molecule has 0 amide bonds. The average molecular weight is 138 g/mol. The molecule has 0 nitrogen and oxygen atoms in total. The molecule has 41 valence electrons. The van der Waals surface area contributed by atoms with Crippen LogP contribution in [-0.2, 0) is 15.3 Å². The van der Waals surface area contributed by atoms with Crippen molar-refractivity contribution in [1.82, 2.24) is 0 Å². The first-order chi connectivity index (χ1) is 3.50. The summed E-state index contributed by atoms with van der Waals surface area (Å²) < 4.78 is 0. The molecule has 0 N–H and O–H groups in total. The summed E-state index contributed by atoms with van der Waals surface area (Å²) in [5.41, 5.74) is 2.94. The van der Waals surface area contributed by atoms with Crippen LogP contribution in [0.5, 0.6) is 0 Å². The predicted molar refractivity (Wildman–Crippen MR) is 29.2 cm³/mol. The summed E-state index contributed by atoms with van der Waals surface area (Å²) in [4.78, 5) is 0. The summed E-state index contributed by atoms with van der Waals surface area (Å²) in [5.74, 6) is 0. The van der Waals surface area contributed by atoms with E-state index in [4.69, 9.17) is 0 Å². The Bertz CT molecular complexity index is 71.1. The van der Waals surface area contributed by atoms with E-state index in [0.29, 0.717) is 0 Å². The minimum atomic E-state index is 2.00. The number of hydrogen-bond donors (Lipinski definition) is 0. The van der Waals surface area contributed by atoms with Crippen LogP contribution in [0.25, 0.3) is 0 Å². The van der Waals surface area contributed by atoms with Crippen LogP contribution in [0, 0.1) is 0 Å². The smallest absolute Gasteiger partial charge is 0.172 e. The molecule has 7 heavy (non-hydrogen) atoms. The molecule has 0 aliphatic carbocycles. The van der Waals surface area contributed by atoms with Crippen molar-refractivity contribution in [2.24, 2.45) is 0 Å². The SMILES string of the molecule is [CH2]=[Co].c1cc[cH-]c1. The van der Waals surface area contributed by atoms with Gasteiger partial charge in [-0.25, -0.2) is 12.1 Å². The summed E-state index contributed by atoms with van der Waals surface area (Å²) in [6, 6.07) is 10.0. The maximum absolute atomic E-state index is 3.31. The Morgan fingerprint density at radius 2 is 1.57 bits per heavy atom. The van der Waals surface area contributed by atoms with Crippen LogP contribution in [0.1, 0.15) is 0 Å². The van der Waals surface area contributed by atoms with Gasteiger partial charge in [-0.2, -0.15) is 18.2 Å². The molecule has 0 saturated carbocycles. The molecular weight excluding hydrogens is 131 g/mol. The molecule has 0 bridgehead atoms. The van der Waals surface area contributed by atoms with Crippen LogP contribution >= 0.6 is 0 Å². The first kappa shape index (κ1) is 6.73. The molecule has 0 radical (unpaired) electrons. The van der Waals surface area contributed by atoms with Crippen molar-refractivity contribution in [3.8, 4) is 0 Å². The second-order valence-corrected chi connectivity index (χ2v) is 0.962. The fourth-order valence-electron chi connectivity index (χ4n) is 0.321. The standard InChI is InChI=1S/C5H5.CH2.Co/c1-2-4-5-3-1;;/h1-5H;1H2;/q-1;;. The molecule has 1 aromatic carbocycles. The Hall–Kier alpha value is -0.274. The monoisotopic (exact) mass is 138 g/mol. The van der Waals surface area contributed by atoms with Crippen LogP contribution in [0.15, 0.2) is 30.3 Å². The third-order valence-corrected chi connectivity index (χ3v) is 0.556. The third-order valence-electron chi connectivity index (χ3n) is 0.556. The van der Waals surface area contributed by atoms with E-state index in [-0.39, 0.29) is 0 Å². The summed E-state index contributed by atoms with van der Waals surface area (Å²) in [5, 5.41) is 0. The normalized spacial score (nSPS) is 6.43. The Labute approximate surface area is 51.7 Å². The molecule has 0 aromatic heterocycles. The second-order valence-electron chi connectivity index (χ2n) is 0.962. The summed E-state index contributed by atoms with van der Waals surface area (Å²) in [6.07, 6.45) is 0. The largest absolute Gasteiger partial charge is 0.214 e.